The van der Waals surface area contributed by atoms with Crippen molar-refractivity contribution in [2.45, 2.75) is 50.1 Å². The van der Waals surface area contributed by atoms with Gasteiger partial charge >= 0.3 is 5.97 Å². The van der Waals surface area contributed by atoms with Crippen LogP contribution in [0.15, 0.2) is 42.5 Å². The molecule has 0 saturated carbocycles. The molecule has 182 valence electrons. The van der Waals surface area contributed by atoms with Gasteiger partial charge in [0, 0.05) is 21.9 Å². The largest absolute Gasteiger partial charge is 0.508 e. The molecule has 0 bridgehead atoms. The molecule has 2 aromatic carbocycles. The number of nitrogens with zero attached hydrogens (tertiary/aromatic N) is 1. The zero-order valence-corrected chi connectivity index (χ0v) is 19.8. The Labute approximate surface area is 200 Å². The smallest absolute Gasteiger partial charge is 0.327 e. The molecule has 1 fully saturated rings. The number of aliphatic hydroxyl groups excluding tert-OH is 1. The van der Waals surface area contributed by atoms with Gasteiger partial charge in [-0.2, -0.15) is 0 Å². The first-order valence-electron chi connectivity index (χ1n) is 10.6. The number of rotatable bonds is 7. The average Bonchev–Trinajstić information content (AvgIpc) is 3.10. The van der Waals surface area contributed by atoms with Gasteiger partial charge in [0.2, 0.25) is 0 Å². The fourth-order valence-corrected chi connectivity index (χ4v) is 5.12. The Hall–Kier alpha value is -3.11. The number of phenolic OH excluding ortho intramolecular Hbond substituents is 1. The maximum absolute atomic E-state index is 13.8. The summed E-state index contributed by atoms with van der Waals surface area (Å²) in [6.07, 6.45) is -1.70. The predicted octanol–water partition coefficient (Wildman–Crippen LogP) is 2.31. The van der Waals surface area contributed by atoms with Crippen LogP contribution >= 0.6 is 11.8 Å². The number of aliphatic hydroxyl groups is 1. The van der Waals surface area contributed by atoms with E-state index in [1.807, 2.05) is 0 Å². The lowest BCUT2D eigenvalue weighted by molar-refractivity contribution is -0.154. The van der Waals surface area contributed by atoms with Gasteiger partial charge in [0.15, 0.2) is 6.10 Å². The Bertz CT molecular complexity index is 1090. The van der Waals surface area contributed by atoms with Crippen molar-refractivity contribution in [1.82, 2.24) is 10.2 Å². The predicted molar refractivity (Wildman–Crippen MR) is 125 cm³/mol. The van der Waals surface area contributed by atoms with E-state index >= 15 is 0 Å². The second kappa shape index (κ2) is 10.0. The average molecular weight is 491 g/mol. The molecule has 1 aliphatic rings. The van der Waals surface area contributed by atoms with Crippen LogP contribution < -0.4 is 5.32 Å². The first-order chi connectivity index (χ1) is 15.9. The van der Waals surface area contributed by atoms with Crippen LogP contribution in [0.1, 0.15) is 35.3 Å². The van der Waals surface area contributed by atoms with E-state index in [0.29, 0.717) is 5.56 Å². The number of amides is 2. The number of hydrogen-bond donors (Lipinski definition) is 4. The van der Waals surface area contributed by atoms with Crippen LogP contribution in [-0.2, 0) is 16.0 Å². The second-order valence-corrected chi connectivity index (χ2v) is 10.3. The highest BCUT2D eigenvalue weighted by atomic mass is 32.2. The molecule has 2 amide bonds. The third-order valence-electron chi connectivity index (χ3n) is 5.90. The minimum Gasteiger partial charge on any atom is -0.508 e. The number of aromatic hydroxyl groups is 1. The molecule has 10 heteroatoms. The van der Waals surface area contributed by atoms with Crippen molar-refractivity contribution in [1.29, 1.82) is 0 Å². The topological polar surface area (TPSA) is 127 Å². The second-order valence-electron chi connectivity index (χ2n) is 8.74. The molecule has 0 spiro atoms. The van der Waals surface area contributed by atoms with Gasteiger partial charge in [0.25, 0.3) is 11.8 Å². The quantitative estimate of drug-likeness (QED) is 0.469. The van der Waals surface area contributed by atoms with Gasteiger partial charge in [-0.3, -0.25) is 9.59 Å². The fraction of sp³-hybridized carbons (Fsp3) is 0.375. The fourth-order valence-electron chi connectivity index (χ4n) is 3.98. The molecular formula is C24H27FN2O6S. The van der Waals surface area contributed by atoms with Gasteiger partial charge in [-0.1, -0.05) is 30.3 Å². The summed E-state index contributed by atoms with van der Waals surface area (Å²) < 4.78 is 13.1. The molecule has 34 heavy (non-hydrogen) atoms. The highest BCUT2D eigenvalue weighted by molar-refractivity contribution is 8.00. The number of carboxylic acid groups (broad SMARTS) is 1. The third-order valence-corrected chi connectivity index (χ3v) is 7.28. The van der Waals surface area contributed by atoms with E-state index in [1.54, 1.807) is 44.2 Å². The number of thioether (sulfide) groups is 1. The Kier molecular flexibility index (Phi) is 7.52. The summed E-state index contributed by atoms with van der Waals surface area (Å²) in [5.41, 5.74) is 0.711. The van der Waals surface area contributed by atoms with E-state index in [2.05, 4.69) is 5.32 Å². The van der Waals surface area contributed by atoms with E-state index in [9.17, 15) is 34.1 Å². The monoisotopic (exact) mass is 490 g/mol. The molecule has 0 aromatic heterocycles. The van der Waals surface area contributed by atoms with E-state index in [0.717, 1.165) is 17.0 Å². The summed E-state index contributed by atoms with van der Waals surface area (Å²) >= 11 is 1.28. The van der Waals surface area contributed by atoms with Crippen molar-refractivity contribution in [3.63, 3.8) is 0 Å². The van der Waals surface area contributed by atoms with Crippen LogP contribution in [0.25, 0.3) is 0 Å². The van der Waals surface area contributed by atoms with Gasteiger partial charge in [-0.15, -0.1) is 11.8 Å². The minimum atomic E-state index is -1.76. The van der Waals surface area contributed by atoms with E-state index < -0.39 is 52.3 Å². The number of aliphatic carboxylic acids is 1. The molecule has 3 atom stereocenters. The van der Waals surface area contributed by atoms with E-state index in [1.165, 1.54) is 18.7 Å². The molecule has 1 saturated heterocycles. The van der Waals surface area contributed by atoms with Gasteiger partial charge in [0.05, 0.1) is 11.9 Å². The summed E-state index contributed by atoms with van der Waals surface area (Å²) in [7, 11) is 0. The number of nitrogens with one attached hydrogen (secondary N) is 1. The number of hydrogen-bond acceptors (Lipinski definition) is 6. The minimum absolute atomic E-state index is 0.0575. The molecule has 0 unspecified atom stereocenters. The third kappa shape index (κ3) is 5.34. The van der Waals surface area contributed by atoms with Crippen molar-refractivity contribution in [2.24, 2.45) is 0 Å². The summed E-state index contributed by atoms with van der Waals surface area (Å²) in [5.74, 6) is -3.95. The number of halogens is 1. The number of carbonyl (C=O) groups excluding carboxylic acids is 2. The lowest BCUT2D eigenvalue weighted by Gasteiger charge is -2.31. The summed E-state index contributed by atoms with van der Waals surface area (Å²) in [5, 5.41) is 33.2. The lowest BCUT2D eigenvalue weighted by atomic mass is 9.97. The van der Waals surface area contributed by atoms with E-state index in [4.69, 9.17) is 0 Å². The van der Waals surface area contributed by atoms with Crippen LogP contribution in [0.2, 0.25) is 0 Å². The Morgan fingerprint density at radius 3 is 2.50 bits per heavy atom. The lowest BCUT2D eigenvalue weighted by Crippen LogP contribution is -2.57. The maximum atomic E-state index is 13.8. The first-order valence-corrected chi connectivity index (χ1v) is 11.6. The van der Waals surface area contributed by atoms with Crippen molar-refractivity contribution in [3.8, 4) is 5.75 Å². The van der Waals surface area contributed by atoms with Crippen molar-refractivity contribution in [2.75, 3.05) is 5.88 Å². The molecule has 1 heterocycles. The van der Waals surface area contributed by atoms with Gasteiger partial charge in [0.1, 0.15) is 17.6 Å². The Morgan fingerprint density at radius 1 is 1.24 bits per heavy atom. The highest BCUT2D eigenvalue weighted by Crippen LogP contribution is 2.39. The van der Waals surface area contributed by atoms with Crippen LogP contribution in [0.3, 0.4) is 0 Å². The normalized spacial score (nSPS) is 18.9. The maximum Gasteiger partial charge on any atom is 0.327 e. The van der Waals surface area contributed by atoms with Crippen LogP contribution in [0, 0.1) is 12.7 Å². The van der Waals surface area contributed by atoms with Crippen molar-refractivity contribution in [3.05, 3.63) is 65.0 Å². The zero-order valence-electron chi connectivity index (χ0n) is 19.0. The molecule has 4 N–H and O–H groups in total. The first kappa shape index (κ1) is 25.5. The SMILES string of the molecule is Cc1c(O)cc(F)cc1C(=O)N[C@@H](Cc1ccccc1)[C@H](O)C(=O)N1CSC(C)(C)[C@H]1C(=O)O. The summed E-state index contributed by atoms with van der Waals surface area (Å²) in [4.78, 5) is 39.2. The Balaban J connectivity index is 1.90. The van der Waals surface area contributed by atoms with Crippen molar-refractivity contribution >= 4 is 29.5 Å². The summed E-state index contributed by atoms with van der Waals surface area (Å²) in [6, 6.07) is 8.36. The number of carbonyl (C=O) groups is 3. The molecule has 3 rings (SSSR count). The van der Waals surface area contributed by atoms with Crippen LogP contribution in [0.4, 0.5) is 4.39 Å². The zero-order chi connectivity index (χ0) is 25.2. The molecule has 1 aliphatic heterocycles. The summed E-state index contributed by atoms with van der Waals surface area (Å²) in [6.45, 7) is 4.86. The highest BCUT2D eigenvalue weighted by Gasteiger charge is 2.50. The Morgan fingerprint density at radius 2 is 1.88 bits per heavy atom. The molecule has 2 aromatic rings. The van der Waals surface area contributed by atoms with Gasteiger partial charge < -0.3 is 25.5 Å². The molecule has 8 nitrogen and oxygen atoms in total. The number of phenols is 1. The van der Waals surface area contributed by atoms with E-state index in [-0.39, 0.29) is 23.4 Å². The van der Waals surface area contributed by atoms with Gasteiger partial charge in [-0.25, -0.2) is 9.18 Å². The molecule has 0 radical (unpaired) electrons. The van der Waals surface area contributed by atoms with Crippen LogP contribution in [0.5, 0.6) is 5.75 Å². The molecular weight excluding hydrogens is 463 g/mol. The number of benzene rings is 2. The molecule has 0 aliphatic carbocycles. The van der Waals surface area contributed by atoms with Crippen LogP contribution in [-0.4, -0.2) is 66.8 Å². The van der Waals surface area contributed by atoms with Gasteiger partial charge in [-0.05, 0) is 38.8 Å². The number of carboxylic acids is 1. The van der Waals surface area contributed by atoms with Crippen molar-refractivity contribution < 1.29 is 34.1 Å². The standard InChI is InChI=1S/C24H27FN2O6S/c1-13-16(10-15(25)11-18(13)28)21(30)26-17(9-14-7-5-4-6-8-14)19(29)22(31)27-12-34-24(2,3)20(27)23(32)33/h4-8,10-11,17,19-20,28-29H,9,12H2,1-3H3,(H,26,30)(H,32,33)/t17-,19-,20+/m0/s1.